The number of amides is 3. The molecule has 0 heterocycles. The molecule has 57 heavy (non-hydrogen) atoms. The molecular weight excluding hydrogens is 715 g/mol. The second-order valence-electron chi connectivity index (χ2n) is 14.7. The first kappa shape index (κ1) is 41.7. The van der Waals surface area contributed by atoms with Crippen molar-refractivity contribution in [2.45, 2.75) is 64.5 Å². The van der Waals surface area contributed by atoms with Crippen LogP contribution in [0, 0.1) is 18.8 Å². The standard InChI is InChI=1S/C48H49N3O6/c1-32-18-20-36(21-19-32)27-40(48(57)51-42(47(49)56)29-37-22-24-39(25-23-37)38-16-10-5-11-17-38)31-44(53)46(55)33(2)26-43(52)41(28-34-12-6-3-7-13-34)50-45(54)30-35-14-8-4-9-15-35/h3-25,33,40-42H,26-31H2,1-2H3,(H2,49,56)(H,50,54)(H,51,57). The Labute approximate surface area is 334 Å². The topological polar surface area (TPSA) is 152 Å². The molecule has 5 aromatic rings. The fourth-order valence-corrected chi connectivity index (χ4v) is 6.74. The van der Waals surface area contributed by atoms with Gasteiger partial charge in [-0.15, -0.1) is 0 Å². The number of primary amides is 1. The summed E-state index contributed by atoms with van der Waals surface area (Å²) in [6.45, 7) is 3.44. The molecule has 4 unspecified atom stereocenters. The Bertz CT molecular complexity index is 2140. The average molecular weight is 764 g/mol. The van der Waals surface area contributed by atoms with Crippen molar-refractivity contribution >= 4 is 35.1 Å². The van der Waals surface area contributed by atoms with E-state index in [1.165, 1.54) is 6.92 Å². The zero-order valence-corrected chi connectivity index (χ0v) is 32.4. The average Bonchev–Trinajstić information content (AvgIpc) is 3.21. The third-order valence-electron chi connectivity index (χ3n) is 10.0. The molecule has 0 saturated carbocycles. The number of nitrogens with one attached hydrogen (secondary N) is 2. The summed E-state index contributed by atoms with van der Waals surface area (Å²) in [6, 6.07) is 41.3. The number of carbonyl (C=O) groups is 6. The molecule has 5 rings (SSSR count). The first-order valence-corrected chi connectivity index (χ1v) is 19.2. The van der Waals surface area contributed by atoms with Crippen molar-refractivity contribution in [2.75, 3.05) is 0 Å². The number of ketones is 3. The third-order valence-corrected chi connectivity index (χ3v) is 10.0. The van der Waals surface area contributed by atoms with Gasteiger partial charge in [-0.05, 0) is 53.1 Å². The van der Waals surface area contributed by atoms with Gasteiger partial charge < -0.3 is 16.4 Å². The minimum absolute atomic E-state index is 0.0773. The molecule has 9 heteroatoms. The molecule has 0 saturated heterocycles. The highest BCUT2D eigenvalue weighted by Crippen LogP contribution is 2.21. The van der Waals surface area contributed by atoms with Crippen LogP contribution in [0.25, 0.3) is 11.1 Å². The lowest BCUT2D eigenvalue weighted by Crippen LogP contribution is -2.48. The maximum Gasteiger partial charge on any atom is 0.240 e. The van der Waals surface area contributed by atoms with Crippen molar-refractivity contribution in [3.05, 3.63) is 167 Å². The van der Waals surface area contributed by atoms with Gasteiger partial charge in [0.25, 0.3) is 0 Å². The summed E-state index contributed by atoms with van der Waals surface area (Å²) in [7, 11) is 0. The number of rotatable bonds is 20. The van der Waals surface area contributed by atoms with E-state index < -0.39 is 53.7 Å². The predicted molar refractivity (Wildman–Crippen MR) is 221 cm³/mol. The number of hydrogen-bond acceptors (Lipinski definition) is 6. The molecule has 9 nitrogen and oxygen atoms in total. The molecule has 0 aromatic heterocycles. The van der Waals surface area contributed by atoms with Crippen LogP contribution in [-0.2, 0) is 54.5 Å². The van der Waals surface area contributed by atoms with E-state index in [0.29, 0.717) is 0 Å². The summed E-state index contributed by atoms with van der Waals surface area (Å²) in [5, 5.41) is 5.60. The Kier molecular flexibility index (Phi) is 14.9. The Balaban J connectivity index is 1.26. The SMILES string of the molecule is Cc1ccc(CC(CC(=O)C(=O)C(C)CC(=O)C(Cc2ccccc2)NC(=O)Cc2ccccc2)C(=O)NC(Cc2ccc(-c3ccccc3)cc2)C(N)=O)cc1. The quantitative estimate of drug-likeness (QED) is 0.0812. The van der Waals surface area contributed by atoms with Gasteiger partial charge in [0.1, 0.15) is 6.04 Å². The highest BCUT2D eigenvalue weighted by molar-refractivity contribution is 6.38. The fourth-order valence-electron chi connectivity index (χ4n) is 6.74. The van der Waals surface area contributed by atoms with Crippen LogP contribution >= 0.6 is 0 Å². The molecule has 3 amide bonds. The number of nitrogens with two attached hydrogens (primary N) is 1. The maximum absolute atomic E-state index is 13.9. The Morgan fingerprint density at radius 3 is 1.63 bits per heavy atom. The molecule has 0 bridgehead atoms. The minimum Gasteiger partial charge on any atom is -0.368 e. The first-order chi connectivity index (χ1) is 27.4. The van der Waals surface area contributed by atoms with E-state index in [0.717, 1.165) is 38.9 Å². The normalized spacial score (nSPS) is 13.0. The molecule has 0 fully saturated rings. The summed E-state index contributed by atoms with van der Waals surface area (Å²) in [5.74, 6) is -5.65. The van der Waals surface area contributed by atoms with Crippen LogP contribution in [0.3, 0.4) is 0 Å². The van der Waals surface area contributed by atoms with Crippen molar-refractivity contribution in [2.24, 2.45) is 17.6 Å². The van der Waals surface area contributed by atoms with Crippen LogP contribution in [0.1, 0.15) is 47.6 Å². The molecular formula is C48H49N3O6. The van der Waals surface area contributed by atoms with Gasteiger partial charge in [0.2, 0.25) is 23.5 Å². The molecule has 0 aliphatic heterocycles. The Hall–Kier alpha value is -6.48. The summed E-state index contributed by atoms with van der Waals surface area (Å²) < 4.78 is 0. The second-order valence-corrected chi connectivity index (χ2v) is 14.7. The lowest BCUT2D eigenvalue weighted by molar-refractivity contribution is -0.141. The highest BCUT2D eigenvalue weighted by Gasteiger charge is 2.32. The van der Waals surface area contributed by atoms with Crippen LogP contribution < -0.4 is 16.4 Å². The number of benzene rings is 5. The highest BCUT2D eigenvalue weighted by atomic mass is 16.2. The summed E-state index contributed by atoms with van der Waals surface area (Å²) >= 11 is 0. The van der Waals surface area contributed by atoms with Crippen molar-refractivity contribution in [3.8, 4) is 11.1 Å². The zero-order valence-electron chi connectivity index (χ0n) is 32.4. The third kappa shape index (κ3) is 12.8. The molecule has 0 spiro atoms. The molecule has 5 aromatic carbocycles. The van der Waals surface area contributed by atoms with Gasteiger partial charge in [0.15, 0.2) is 11.6 Å². The van der Waals surface area contributed by atoms with Gasteiger partial charge in [0.05, 0.1) is 12.5 Å². The van der Waals surface area contributed by atoms with Crippen LogP contribution in [0.5, 0.6) is 0 Å². The predicted octanol–water partition coefficient (Wildman–Crippen LogP) is 6.13. The van der Waals surface area contributed by atoms with E-state index in [4.69, 9.17) is 5.73 Å². The van der Waals surface area contributed by atoms with Gasteiger partial charge in [-0.25, -0.2) is 0 Å². The van der Waals surface area contributed by atoms with Crippen molar-refractivity contribution < 1.29 is 28.8 Å². The molecule has 0 aliphatic carbocycles. The van der Waals surface area contributed by atoms with Crippen LogP contribution in [-0.4, -0.2) is 47.2 Å². The number of carbonyl (C=O) groups excluding carboxylic acids is 6. The van der Waals surface area contributed by atoms with E-state index >= 15 is 0 Å². The van der Waals surface area contributed by atoms with Crippen LogP contribution in [0.4, 0.5) is 0 Å². The van der Waals surface area contributed by atoms with Crippen molar-refractivity contribution in [1.29, 1.82) is 0 Å². The Morgan fingerprint density at radius 1 is 0.544 bits per heavy atom. The van der Waals surface area contributed by atoms with Gasteiger partial charge >= 0.3 is 0 Å². The van der Waals surface area contributed by atoms with E-state index in [1.54, 1.807) is 0 Å². The summed E-state index contributed by atoms with van der Waals surface area (Å²) in [6.07, 6.45) is -0.168. The van der Waals surface area contributed by atoms with E-state index in [9.17, 15) is 28.8 Å². The van der Waals surface area contributed by atoms with Crippen molar-refractivity contribution in [1.82, 2.24) is 10.6 Å². The van der Waals surface area contributed by atoms with Gasteiger partial charge in [-0.2, -0.15) is 0 Å². The zero-order chi connectivity index (χ0) is 40.7. The van der Waals surface area contributed by atoms with E-state index in [2.05, 4.69) is 10.6 Å². The van der Waals surface area contributed by atoms with Gasteiger partial charge in [-0.1, -0.05) is 152 Å². The Morgan fingerprint density at radius 2 is 1.04 bits per heavy atom. The monoisotopic (exact) mass is 763 g/mol. The summed E-state index contributed by atoms with van der Waals surface area (Å²) in [4.78, 5) is 80.5. The number of hydrogen-bond donors (Lipinski definition) is 3. The smallest absolute Gasteiger partial charge is 0.240 e. The molecule has 292 valence electrons. The van der Waals surface area contributed by atoms with E-state index in [1.807, 2.05) is 146 Å². The molecule has 4 N–H and O–H groups in total. The molecule has 0 radical (unpaired) electrons. The second kappa shape index (κ2) is 20.4. The van der Waals surface area contributed by atoms with E-state index in [-0.39, 0.29) is 43.8 Å². The number of aryl methyl sites for hydroxylation is 1. The lowest BCUT2D eigenvalue weighted by Gasteiger charge is -2.22. The maximum atomic E-state index is 13.9. The van der Waals surface area contributed by atoms with Gasteiger partial charge in [-0.3, -0.25) is 28.8 Å². The lowest BCUT2D eigenvalue weighted by atomic mass is 9.87. The fraction of sp³-hybridized carbons (Fsp3) is 0.250. The number of Topliss-reactive ketones (excluding diaryl/α,β-unsaturated/α-hetero) is 3. The molecule has 4 atom stereocenters. The minimum atomic E-state index is -1.07. The van der Waals surface area contributed by atoms with Crippen molar-refractivity contribution in [3.63, 3.8) is 0 Å². The van der Waals surface area contributed by atoms with Crippen LogP contribution in [0.15, 0.2) is 140 Å². The summed E-state index contributed by atoms with van der Waals surface area (Å²) in [5.41, 5.74) is 12.0. The van der Waals surface area contributed by atoms with Gasteiger partial charge in [0, 0.05) is 31.1 Å². The first-order valence-electron chi connectivity index (χ1n) is 19.2. The largest absolute Gasteiger partial charge is 0.368 e. The van der Waals surface area contributed by atoms with Crippen LogP contribution in [0.2, 0.25) is 0 Å². The molecule has 0 aliphatic rings.